The molecule has 3 aromatic heterocycles. The van der Waals surface area contributed by atoms with Gasteiger partial charge in [-0.3, -0.25) is 4.40 Å². The molecular formula is C25H28FN9O3S2. The first-order chi connectivity index (χ1) is 19.3. The molecule has 40 heavy (non-hydrogen) atoms. The van der Waals surface area contributed by atoms with Gasteiger partial charge in [0.1, 0.15) is 27.7 Å². The molecule has 0 radical (unpaired) electrons. The molecule has 4 fully saturated rings. The maximum Gasteiger partial charge on any atom is 0.320 e. The molecule has 0 bridgehead atoms. The van der Waals surface area contributed by atoms with Crippen LogP contribution in [0.15, 0.2) is 23.4 Å². The molecule has 7 rings (SSSR count). The lowest BCUT2D eigenvalue weighted by atomic mass is 10.1. The summed E-state index contributed by atoms with van der Waals surface area (Å²) >= 11 is 1.31. The number of hydrogen-bond donors (Lipinski definition) is 1. The number of anilines is 1. The molecule has 4 aliphatic rings. The van der Waals surface area contributed by atoms with Crippen molar-refractivity contribution < 1.29 is 17.6 Å². The Labute approximate surface area is 234 Å². The van der Waals surface area contributed by atoms with Gasteiger partial charge in [0.2, 0.25) is 10.0 Å². The topological polar surface area (TPSA) is 140 Å². The molecular weight excluding hydrogens is 557 g/mol. The Kier molecular flexibility index (Phi) is 5.81. The molecule has 2 saturated heterocycles. The van der Waals surface area contributed by atoms with E-state index in [1.807, 2.05) is 14.7 Å². The largest absolute Gasteiger partial charge is 0.365 e. The Morgan fingerprint density at radius 2 is 1.82 bits per heavy atom. The van der Waals surface area contributed by atoms with Crippen molar-refractivity contribution in [1.82, 2.24) is 34.1 Å². The number of aromatic nitrogens is 4. The predicted octanol–water partition coefficient (Wildman–Crippen LogP) is 2.14. The lowest BCUT2D eigenvalue weighted by Gasteiger charge is -2.41. The van der Waals surface area contributed by atoms with Crippen LogP contribution in [0, 0.1) is 11.3 Å². The number of fused-ring (bicyclic) bond motifs is 1. The van der Waals surface area contributed by atoms with E-state index < -0.39 is 27.7 Å². The van der Waals surface area contributed by atoms with Crippen molar-refractivity contribution >= 4 is 38.7 Å². The highest BCUT2D eigenvalue weighted by Crippen LogP contribution is 2.49. The van der Waals surface area contributed by atoms with Gasteiger partial charge in [0.25, 0.3) is 0 Å². The molecule has 210 valence electrons. The summed E-state index contributed by atoms with van der Waals surface area (Å²) in [6.07, 6.45) is 6.54. The van der Waals surface area contributed by atoms with E-state index in [1.165, 1.54) is 17.5 Å². The monoisotopic (exact) mass is 585 g/mol. The fourth-order valence-corrected chi connectivity index (χ4v) is 7.71. The van der Waals surface area contributed by atoms with Crippen LogP contribution in [0.5, 0.6) is 0 Å². The molecule has 12 nitrogen and oxygen atoms in total. The minimum atomic E-state index is -4.05. The number of piperazine rings is 1. The van der Waals surface area contributed by atoms with E-state index in [0.717, 1.165) is 32.4 Å². The summed E-state index contributed by atoms with van der Waals surface area (Å²) in [4.78, 5) is 23.0. The number of nitriles is 1. The number of carbonyl (C=O) groups excluding carboxylic acids is 1. The standard InChI is InChI=1S/C25H28FN9O3S2/c26-15-25(4-5-25)31-40(37,38)17-12-18(32-8-10-34(11-9-32)23(36)33-6-1-7-33)20-28-13-19(35(20)14-17)21-29-30-22(39-21)24(16-27)2-3-24/h12-14,31H,1-11,15H2. The number of alkyl halides is 1. The average Bonchev–Trinajstić information content (AvgIpc) is 3.79. The van der Waals surface area contributed by atoms with Crippen molar-refractivity contribution in [3.63, 3.8) is 0 Å². The van der Waals surface area contributed by atoms with Gasteiger partial charge in [-0.15, -0.1) is 10.2 Å². The van der Waals surface area contributed by atoms with Crippen molar-refractivity contribution in [1.29, 1.82) is 5.26 Å². The highest BCUT2D eigenvalue weighted by molar-refractivity contribution is 7.89. The maximum atomic E-state index is 13.6. The lowest BCUT2D eigenvalue weighted by Crippen LogP contribution is -2.55. The van der Waals surface area contributed by atoms with Gasteiger partial charge in [-0.1, -0.05) is 11.3 Å². The Morgan fingerprint density at radius 1 is 1.10 bits per heavy atom. The number of nitrogens with zero attached hydrogens (tertiary/aromatic N) is 8. The van der Waals surface area contributed by atoms with Gasteiger partial charge >= 0.3 is 6.03 Å². The van der Waals surface area contributed by atoms with Crippen LogP contribution in [0.1, 0.15) is 37.1 Å². The zero-order valence-corrected chi connectivity index (χ0v) is 23.3. The molecule has 3 aromatic rings. The third-order valence-corrected chi connectivity index (χ3v) is 11.1. The third-order valence-electron chi connectivity index (χ3n) is 8.37. The van der Waals surface area contributed by atoms with Crippen LogP contribution in [0.3, 0.4) is 0 Å². The zero-order valence-electron chi connectivity index (χ0n) is 21.7. The Balaban J connectivity index is 1.26. The van der Waals surface area contributed by atoms with Gasteiger partial charge in [-0.05, 0) is 38.2 Å². The molecule has 2 saturated carbocycles. The van der Waals surface area contributed by atoms with Gasteiger partial charge in [0.15, 0.2) is 10.7 Å². The lowest BCUT2D eigenvalue weighted by molar-refractivity contribution is 0.124. The van der Waals surface area contributed by atoms with Crippen molar-refractivity contribution in [2.75, 3.05) is 50.8 Å². The fourth-order valence-electron chi connectivity index (χ4n) is 5.21. The highest BCUT2D eigenvalue weighted by atomic mass is 32.2. The normalized spacial score (nSPS) is 21.2. The van der Waals surface area contributed by atoms with Crippen molar-refractivity contribution in [3.8, 4) is 16.8 Å². The second-order valence-electron chi connectivity index (χ2n) is 11.1. The first-order valence-corrected chi connectivity index (χ1v) is 15.7. The Morgan fingerprint density at radius 3 is 2.42 bits per heavy atom. The van der Waals surface area contributed by atoms with Gasteiger partial charge in [-0.25, -0.2) is 27.3 Å². The molecule has 2 amide bonds. The molecule has 2 aliphatic carbocycles. The van der Waals surface area contributed by atoms with Crippen LogP contribution in [0.25, 0.3) is 16.3 Å². The summed E-state index contributed by atoms with van der Waals surface area (Å²) in [5, 5.41) is 19.3. The molecule has 1 N–H and O–H groups in total. The molecule has 2 aliphatic heterocycles. The molecule has 5 heterocycles. The van der Waals surface area contributed by atoms with E-state index >= 15 is 0 Å². The van der Waals surface area contributed by atoms with Crippen molar-refractivity contribution in [3.05, 3.63) is 23.5 Å². The van der Waals surface area contributed by atoms with Crippen LogP contribution < -0.4 is 9.62 Å². The van der Waals surface area contributed by atoms with E-state index in [2.05, 4.69) is 26.0 Å². The van der Waals surface area contributed by atoms with Crippen molar-refractivity contribution in [2.24, 2.45) is 0 Å². The van der Waals surface area contributed by atoms with E-state index in [9.17, 15) is 22.9 Å². The summed E-state index contributed by atoms with van der Waals surface area (Å²) in [5.41, 5.74) is 0.0809. The number of amides is 2. The van der Waals surface area contributed by atoms with E-state index in [0.29, 0.717) is 66.1 Å². The van der Waals surface area contributed by atoms with Crippen molar-refractivity contribution in [2.45, 2.75) is 48.0 Å². The summed E-state index contributed by atoms with van der Waals surface area (Å²) in [6, 6.07) is 3.95. The number of nitrogens with one attached hydrogen (secondary N) is 1. The van der Waals surface area contributed by atoms with Gasteiger partial charge in [-0.2, -0.15) is 5.26 Å². The summed E-state index contributed by atoms with van der Waals surface area (Å²) in [5.74, 6) is 0. The number of halogens is 1. The second-order valence-corrected chi connectivity index (χ2v) is 13.8. The summed E-state index contributed by atoms with van der Waals surface area (Å²) in [7, 11) is -4.05. The first kappa shape index (κ1) is 25.6. The SMILES string of the molecule is N#CC1(c2nnc(-c3cnc4c(N5CCN(C(=O)N6CCC6)CC5)cc(S(=O)(=O)NC5(CF)CC5)cn34)s2)CC1. The summed E-state index contributed by atoms with van der Waals surface area (Å²) < 4.78 is 44.9. The number of urea groups is 1. The number of hydrogen-bond acceptors (Lipinski definition) is 9. The van der Waals surface area contributed by atoms with Gasteiger partial charge in [0.05, 0.1) is 23.5 Å². The van der Waals surface area contributed by atoms with Crippen LogP contribution >= 0.6 is 11.3 Å². The highest BCUT2D eigenvalue weighted by Gasteiger charge is 2.49. The van der Waals surface area contributed by atoms with Crippen LogP contribution in [-0.4, -0.2) is 95.3 Å². The number of likely N-dealkylation sites (tertiary alicyclic amines) is 1. The molecule has 0 aromatic carbocycles. The van der Waals surface area contributed by atoms with E-state index in [-0.39, 0.29) is 10.9 Å². The second kappa shape index (κ2) is 9.08. The van der Waals surface area contributed by atoms with Crippen LogP contribution in [-0.2, 0) is 15.4 Å². The smallest absolute Gasteiger partial charge is 0.320 e. The number of pyridine rings is 1. The molecule has 0 atom stereocenters. The minimum absolute atomic E-state index is 0.00603. The predicted molar refractivity (Wildman–Crippen MR) is 144 cm³/mol. The first-order valence-electron chi connectivity index (χ1n) is 13.4. The number of sulfonamides is 1. The fraction of sp³-hybridized carbons (Fsp3) is 0.560. The molecule has 0 unspecified atom stereocenters. The molecule has 15 heteroatoms. The Hall–Kier alpha value is -3.35. The van der Waals surface area contributed by atoms with Crippen LogP contribution in [0.4, 0.5) is 14.9 Å². The zero-order chi connectivity index (χ0) is 27.7. The van der Waals surface area contributed by atoms with Gasteiger partial charge < -0.3 is 14.7 Å². The molecule has 0 spiro atoms. The van der Waals surface area contributed by atoms with E-state index in [1.54, 1.807) is 16.7 Å². The summed E-state index contributed by atoms with van der Waals surface area (Å²) in [6.45, 7) is 2.83. The number of rotatable bonds is 7. The minimum Gasteiger partial charge on any atom is -0.365 e. The van der Waals surface area contributed by atoms with E-state index in [4.69, 9.17) is 0 Å². The maximum absolute atomic E-state index is 13.6. The van der Waals surface area contributed by atoms with Gasteiger partial charge in [0, 0.05) is 45.5 Å². The number of imidazole rings is 1. The average molecular weight is 586 g/mol. The third kappa shape index (κ3) is 4.20. The number of carbonyl (C=O) groups is 1. The quantitative estimate of drug-likeness (QED) is 0.445. The Bertz CT molecular complexity index is 1640. The van der Waals surface area contributed by atoms with Crippen LogP contribution in [0.2, 0.25) is 0 Å².